The van der Waals surface area contributed by atoms with Crippen LogP contribution in [-0.2, 0) is 10.0 Å². The van der Waals surface area contributed by atoms with Gasteiger partial charge < -0.3 is 0 Å². The fourth-order valence-electron chi connectivity index (χ4n) is 3.16. The van der Waals surface area contributed by atoms with Gasteiger partial charge in [-0.2, -0.15) is 5.10 Å². The first kappa shape index (κ1) is 18.8. The van der Waals surface area contributed by atoms with E-state index in [1.54, 1.807) is 31.3 Å². The van der Waals surface area contributed by atoms with Gasteiger partial charge in [-0.1, -0.05) is 31.2 Å². The van der Waals surface area contributed by atoms with Gasteiger partial charge in [0.2, 0.25) is 10.0 Å². The van der Waals surface area contributed by atoms with Crippen molar-refractivity contribution in [3.05, 3.63) is 53.0 Å². The maximum Gasteiger partial charge on any atom is 0.232 e. The smallest absolute Gasteiger partial charge is 0.232 e. The number of halogens is 2. The highest BCUT2D eigenvalue weighted by molar-refractivity contribution is 9.10. The van der Waals surface area contributed by atoms with Crippen LogP contribution < -0.4 is 4.72 Å². The summed E-state index contributed by atoms with van der Waals surface area (Å²) in [6.45, 7) is 1.75. The van der Waals surface area contributed by atoms with E-state index in [0.717, 1.165) is 16.2 Å². The zero-order valence-electron chi connectivity index (χ0n) is 14.8. The number of H-pyrrole nitrogens is 1. The van der Waals surface area contributed by atoms with Crippen LogP contribution in [0.4, 0.5) is 10.1 Å². The number of nitrogens with one attached hydrogen (secondary N) is 2. The van der Waals surface area contributed by atoms with E-state index < -0.39 is 15.8 Å². The lowest BCUT2D eigenvalue weighted by molar-refractivity contribution is 0.597. The molecule has 0 radical (unpaired) electrons. The highest BCUT2D eigenvalue weighted by atomic mass is 79.9. The van der Waals surface area contributed by atoms with Crippen LogP contribution in [0, 0.1) is 5.82 Å². The highest BCUT2D eigenvalue weighted by Gasteiger charge is 2.16. The lowest BCUT2D eigenvalue weighted by atomic mass is 10.0. The van der Waals surface area contributed by atoms with Gasteiger partial charge in [0.25, 0.3) is 0 Å². The number of sulfonamides is 1. The van der Waals surface area contributed by atoms with Crippen molar-refractivity contribution in [2.24, 2.45) is 0 Å². The van der Waals surface area contributed by atoms with E-state index in [0.29, 0.717) is 27.8 Å². The summed E-state index contributed by atoms with van der Waals surface area (Å²) in [5.74, 6) is -0.673. The van der Waals surface area contributed by atoms with Gasteiger partial charge in [-0.25, -0.2) is 17.8 Å². The third-order valence-corrected chi connectivity index (χ3v) is 6.46. The Morgan fingerprint density at radius 3 is 2.86 bits per heavy atom. The molecule has 0 aliphatic carbocycles. The van der Waals surface area contributed by atoms with Crippen LogP contribution in [0.25, 0.3) is 32.9 Å². The summed E-state index contributed by atoms with van der Waals surface area (Å²) in [7, 11) is -3.58. The Balaban J connectivity index is 1.81. The Hall–Kier alpha value is -2.52. The van der Waals surface area contributed by atoms with Gasteiger partial charge in [-0.3, -0.25) is 9.82 Å². The monoisotopic (exact) mass is 462 g/mol. The first-order valence-corrected chi connectivity index (χ1v) is 11.1. The van der Waals surface area contributed by atoms with E-state index in [4.69, 9.17) is 0 Å². The third-order valence-electron chi connectivity index (χ3n) is 4.40. The minimum absolute atomic E-state index is 0.0581. The van der Waals surface area contributed by atoms with Crippen molar-refractivity contribution in [1.82, 2.24) is 15.2 Å². The van der Waals surface area contributed by atoms with Gasteiger partial charge in [0, 0.05) is 17.1 Å². The molecule has 144 valence electrons. The molecule has 0 fully saturated rings. The fraction of sp³-hybridized carbons (Fsp3) is 0.158. The van der Waals surface area contributed by atoms with E-state index >= 15 is 4.39 Å². The van der Waals surface area contributed by atoms with Crippen LogP contribution in [-0.4, -0.2) is 29.4 Å². The van der Waals surface area contributed by atoms with Crippen LogP contribution in [0.1, 0.15) is 13.3 Å². The predicted molar refractivity (Wildman–Crippen MR) is 112 cm³/mol. The predicted octanol–water partition coefficient (Wildman–Crippen LogP) is 4.83. The zero-order valence-corrected chi connectivity index (χ0v) is 17.2. The highest BCUT2D eigenvalue weighted by Crippen LogP contribution is 2.33. The van der Waals surface area contributed by atoms with Gasteiger partial charge in [0.05, 0.1) is 16.8 Å². The van der Waals surface area contributed by atoms with Crippen LogP contribution in [0.5, 0.6) is 0 Å². The lowest BCUT2D eigenvalue weighted by Gasteiger charge is -2.12. The van der Waals surface area contributed by atoms with Crippen LogP contribution in [0.3, 0.4) is 0 Å². The molecular weight excluding hydrogens is 447 g/mol. The Morgan fingerprint density at radius 1 is 1.25 bits per heavy atom. The summed E-state index contributed by atoms with van der Waals surface area (Å²) in [6.07, 6.45) is 2.14. The van der Waals surface area contributed by atoms with E-state index in [2.05, 4.69) is 35.8 Å². The summed E-state index contributed by atoms with van der Waals surface area (Å²) in [6, 6.07) is 10.2. The topological polar surface area (TPSA) is 87.7 Å². The van der Waals surface area contributed by atoms with Crippen LogP contribution >= 0.6 is 15.9 Å². The van der Waals surface area contributed by atoms with E-state index in [1.165, 1.54) is 6.07 Å². The van der Waals surface area contributed by atoms with E-state index in [-0.39, 0.29) is 11.4 Å². The molecule has 2 aromatic heterocycles. The first-order chi connectivity index (χ1) is 13.4. The van der Waals surface area contributed by atoms with Gasteiger partial charge >= 0.3 is 0 Å². The summed E-state index contributed by atoms with van der Waals surface area (Å²) >= 11 is 3.41. The Kier molecular flexibility index (Phi) is 4.80. The van der Waals surface area contributed by atoms with Crippen molar-refractivity contribution in [3.8, 4) is 11.1 Å². The maximum absolute atomic E-state index is 15.0. The largest absolute Gasteiger partial charge is 0.281 e. The molecule has 0 amide bonds. The average Bonchev–Trinajstić information content (AvgIpc) is 3.04. The number of hydrogen-bond donors (Lipinski definition) is 2. The molecule has 2 heterocycles. The zero-order chi connectivity index (χ0) is 19.9. The summed E-state index contributed by atoms with van der Waals surface area (Å²) in [5, 5.41) is 9.55. The molecule has 0 spiro atoms. The number of fused-ring (bicyclic) bond motifs is 3. The average molecular weight is 463 g/mol. The second-order valence-electron chi connectivity index (χ2n) is 6.39. The SMILES string of the molecule is CCCS(=O)(=O)Nc1cccc(-c2ccc3c(cnc4[nH]nc(Br)c43)c2)c1F. The third kappa shape index (κ3) is 3.35. The molecule has 0 unspecified atom stereocenters. The standard InChI is InChI=1S/C19H16BrFN4O2S/c1-2-8-28(26,27)25-15-5-3-4-14(17(15)21)11-6-7-13-12(9-11)10-22-19-16(13)18(20)23-24-19/h3-7,9-10,25H,2,8H2,1H3,(H,22,23,24). The van der Waals surface area contributed by atoms with Crippen molar-refractivity contribution in [2.75, 3.05) is 10.5 Å². The van der Waals surface area contributed by atoms with Gasteiger partial charge in [0.15, 0.2) is 11.5 Å². The quantitative estimate of drug-likeness (QED) is 0.444. The number of anilines is 1. The lowest BCUT2D eigenvalue weighted by Crippen LogP contribution is -2.17. The van der Waals surface area contributed by atoms with Crippen molar-refractivity contribution in [1.29, 1.82) is 0 Å². The normalized spacial score (nSPS) is 12.0. The Labute approximate surface area is 169 Å². The maximum atomic E-state index is 15.0. The van der Waals surface area contributed by atoms with Gasteiger partial charge in [0.1, 0.15) is 4.60 Å². The second kappa shape index (κ2) is 7.14. The number of aromatic nitrogens is 3. The Morgan fingerprint density at radius 2 is 2.07 bits per heavy atom. The molecule has 2 aromatic carbocycles. The van der Waals surface area contributed by atoms with Crippen molar-refractivity contribution in [2.45, 2.75) is 13.3 Å². The molecule has 4 rings (SSSR count). The van der Waals surface area contributed by atoms with E-state index in [9.17, 15) is 8.42 Å². The van der Waals surface area contributed by atoms with Crippen molar-refractivity contribution < 1.29 is 12.8 Å². The number of nitrogens with zero attached hydrogens (tertiary/aromatic N) is 2. The number of hydrogen-bond acceptors (Lipinski definition) is 4. The Bertz CT molecular complexity index is 1300. The molecule has 0 aliphatic rings. The summed E-state index contributed by atoms with van der Waals surface area (Å²) < 4.78 is 42.0. The molecule has 0 saturated carbocycles. The molecule has 4 aromatic rings. The minimum Gasteiger partial charge on any atom is -0.281 e. The molecule has 6 nitrogen and oxygen atoms in total. The molecule has 28 heavy (non-hydrogen) atoms. The molecule has 2 N–H and O–H groups in total. The number of aromatic amines is 1. The number of pyridine rings is 1. The second-order valence-corrected chi connectivity index (χ2v) is 8.98. The van der Waals surface area contributed by atoms with Crippen molar-refractivity contribution in [3.63, 3.8) is 0 Å². The van der Waals surface area contributed by atoms with Gasteiger partial charge in [-0.05, 0) is 45.4 Å². The molecule has 9 heteroatoms. The number of benzene rings is 2. The molecule has 0 atom stereocenters. The fourth-order valence-corrected chi connectivity index (χ4v) is 4.79. The first-order valence-electron chi connectivity index (χ1n) is 8.61. The van der Waals surface area contributed by atoms with Crippen LogP contribution in [0.15, 0.2) is 47.2 Å². The van der Waals surface area contributed by atoms with E-state index in [1.807, 2.05) is 12.1 Å². The summed E-state index contributed by atoms with van der Waals surface area (Å²) in [4.78, 5) is 4.34. The van der Waals surface area contributed by atoms with Gasteiger partial charge in [-0.15, -0.1) is 0 Å². The molecular formula is C19H16BrFN4O2S. The summed E-state index contributed by atoms with van der Waals surface area (Å²) in [5.41, 5.74) is 1.54. The van der Waals surface area contributed by atoms with Crippen molar-refractivity contribution >= 4 is 53.4 Å². The number of rotatable bonds is 5. The molecule has 0 aliphatic heterocycles. The molecule has 0 saturated heterocycles. The molecule has 0 bridgehead atoms. The van der Waals surface area contributed by atoms with Crippen LogP contribution in [0.2, 0.25) is 0 Å². The minimum atomic E-state index is -3.58.